The smallest absolute Gasteiger partial charge is 0.335 e. The lowest BCUT2D eigenvalue weighted by Crippen LogP contribution is -2.40. The molecular weight excluding hydrogens is 326 g/mol. The van der Waals surface area contributed by atoms with Gasteiger partial charge in [0.2, 0.25) is 0 Å². The molecule has 0 saturated heterocycles. The fourth-order valence-electron chi connectivity index (χ4n) is 2.17. The van der Waals surface area contributed by atoms with Gasteiger partial charge in [-0.25, -0.2) is 4.79 Å². The van der Waals surface area contributed by atoms with Gasteiger partial charge in [0.1, 0.15) is 5.76 Å². The van der Waals surface area contributed by atoms with E-state index in [-0.39, 0.29) is 18.2 Å². The van der Waals surface area contributed by atoms with Crippen molar-refractivity contribution in [3.8, 4) is 0 Å². The van der Waals surface area contributed by atoms with E-state index in [9.17, 15) is 14.4 Å². The minimum atomic E-state index is -1.07. The number of amides is 2. The van der Waals surface area contributed by atoms with Crippen molar-refractivity contribution in [1.82, 2.24) is 10.2 Å². The minimum absolute atomic E-state index is 0.0923. The second kappa shape index (κ2) is 8.11. The molecule has 25 heavy (non-hydrogen) atoms. The highest BCUT2D eigenvalue weighted by molar-refractivity contribution is 6.39. The van der Waals surface area contributed by atoms with E-state index in [1.54, 1.807) is 18.4 Å². The average Bonchev–Trinajstić information content (AvgIpc) is 3.09. The van der Waals surface area contributed by atoms with Crippen LogP contribution in [0.25, 0.3) is 0 Å². The first kappa shape index (κ1) is 18.2. The Hall–Kier alpha value is -3.13. The molecule has 0 unspecified atom stereocenters. The van der Waals surface area contributed by atoms with Crippen molar-refractivity contribution in [1.29, 1.82) is 0 Å². The highest BCUT2D eigenvalue weighted by Crippen LogP contribution is 2.17. The molecule has 8 nitrogen and oxygen atoms in total. The molecule has 2 aromatic rings. The van der Waals surface area contributed by atoms with Crippen LogP contribution in [0.2, 0.25) is 0 Å². The summed E-state index contributed by atoms with van der Waals surface area (Å²) in [4.78, 5) is 36.5. The Bertz CT molecular complexity index is 738. The van der Waals surface area contributed by atoms with Crippen LogP contribution in [0.5, 0.6) is 0 Å². The molecule has 0 radical (unpaired) electrons. The monoisotopic (exact) mass is 345 g/mol. The van der Waals surface area contributed by atoms with E-state index in [1.807, 2.05) is 19.0 Å². The molecule has 1 aromatic carbocycles. The summed E-state index contributed by atoms with van der Waals surface area (Å²) in [6.07, 6.45) is 1.54. The van der Waals surface area contributed by atoms with Gasteiger partial charge < -0.3 is 20.2 Å². The molecule has 0 aliphatic carbocycles. The molecule has 0 bridgehead atoms. The Kier molecular flexibility index (Phi) is 5.91. The number of carboxylic acid groups (broad SMARTS) is 1. The van der Waals surface area contributed by atoms with Crippen molar-refractivity contribution in [2.45, 2.75) is 6.04 Å². The molecule has 1 heterocycles. The lowest BCUT2D eigenvalue weighted by atomic mass is 10.2. The number of furan rings is 1. The number of aromatic carboxylic acids is 1. The predicted molar refractivity (Wildman–Crippen MR) is 90.2 cm³/mol. The Labute approximate surface area is 144 Å². The van der Waals surface area contributed by atoms with Crippen LogP contribution in [0.4, 0.5) is 5.69 Å². The largest absolute Gasteiger partial charge is 0.478 e. The number of carbonyl (C=O) groups excluding carboxylic acids is 2. The van der Waals surface area contributed by atoms with Gasteiger partial charge in [-0.3, -0.25) is 14.5 Å². The van der Waals surface area contributed by atoms with Gasteiger partial charge >= 0.3 is 17.8 Å². The van der Waals surface area contributed by atoms with Crippen LogP contribution in [-0.2, 0) is 9.59 Å². The first-order valence-electron chi connectivity index (χ1n) is 7.51. The van der Waals surface area contributed by atoms with Crippen molar-refractivity contribution >= 4 is 23.5 Å². The van der Waals surface area contributed by atoms with Crippen LogP contribution >= 0.6 is 0 Å². The van der Waals surface area contributed by atoms with Gasteiger partial charge in [-0.1, -0.05) is 0 Å². The van der Waals surface area contributed by atoms with Gasteiger partial charge in [0.15, 0.2) is 0 Å². The van der Waals surface area contributed by atoms with Crippen LogP contribution in [0, 0.1) is 0 Å². The second-order valence-corrected chi connectivity index (χ2v) is 5.54. The lowest BCUT2D eigenvalue weighted by molar-refractivity contribution is -0.136. The third-order valence-electron chi connectivity index (χ3n) is 3.55. The van der Waals surface area contributed by atoms with Crippen LogP contribution in [-0.4, -0.2) is 48.4 Å². The predicted octanol–water partition coefficient (Wildman–Crippen LogP) is 1.34. The van der Waals surface area contributed by atoms with Crippen LogP contribution < -0.4 is 10.6 Å². The Morgan fingerprint density at radius 1 is 1.12 bits per heavy atom. The van der Waals surface area contributed by atoms with Gasteiger partial charge in [0, 0.05) is 12.2 Å². The highest BCUT2D eigenvalue weighted by Gasteiger charge is 2.20. The normalized spacial score (nSPS) is 11.8. The number of anilines is 1. The van der Waals surface area contributed by atoms with E-state index in [2.05, 4.69) is 10.6 Å². The number of likely N-dealkylation sites (N-methyl/N-ethyl adjacent to an activating group) is 1. The molecular formula is C17H19N3O5. The molecule has 0 aliphatic rings. The zero-order valence-corrected chi connectivity index (χ0v) is 13.9. The van der Waals surface area contributed by atoms with Gasteiger partial charge in [-0.15, -0.1) is 0 Å². The van der Waals surface area contributed by atoms with Gasteiger partial charge in [0.05, 0.1) is 17.9 Å². The molecule has 2 rings (SSSR count). The summed E-state index contributed by atoms with van der Waals surface area (Å²) >= 11 is 0. The SMILES string of the molecule is CN(C)[C@H](CNC(=O)C(=O)Nc1ccc(C(=O)O)cc1)c1ccco1. The molecule has 2 amide bonds. The first-order valence-corrected chi connectivity index (χ1v) is 7.51. The molecule has 0 spiro atoms. The minimum Gasteiger partial charge on any atom is -0.478 e. The van der Waals surface area contributed by atoms with E-state index in [1.165, 1.54) is 24.3 Å². The van der Waals surface area contributed by atoms with Gasteiger partial charge in [-0.05, 0) is 50.5 Å². The quantitative estimate of drug-likeness (QED) is 0.681. The summed E-state index contributed by atoms with van der Waals surface area (Å²) in [6.45, 7) is 0.199. The summed E-state index contributed by atoms with van der Waals surface area (Å²) < 4.78 is 5.33. The van der Waals surface area contributed by atoms with Crippen LogP contribution in [0.1, 0.15) is 22.2 Å². The van der Waals surface area contributed by atoms with E-state index in [4.69, 9.17) is 9.52 Å². The van der Waals surface area contributed by atoms with Crippen molar-refractivity contribution in [2.75, 3.05) is 26.0 Å². The number of carbonyl (C=O) groups is 3. The van der Waals surface area contributed by atoms with Crippen molar-refractivity contribution in [3.05, 3.63) is 54.0 Å². The standard InChI is InChI=1S/C17H19N3O5/c1-20(2)13(14-4-3-9-25-14)10-18-15(21)16(22)19-12-7-5-11(6-8-12)17(23)24/h3-9,13H,10H2,1-2H3,(H,18,21)(H,19,22)(H,23,24)/t13-/m1/s1. The number of nitrogens with zero attached hydrogens (tertiary/aromatic N) is 1. The lowest BCUT2D eigenvalue weighted by Gasteiger charge is -2.22. The van der Waals surface area contributed by atoms with E-state index >= 15 is 0 Å². The van der Waals surface area contributed by atoms with Crippen molar-refractivity contribution < 1.29 is 23.9 Å². The maximum absolute atomic E-state index is 12.0. The van der Waals surface area contributed by atoms with E-state index in [0.29, 0.717) is 11.4 Å². The number of hydrogen-bond donors (Lipinski definition) is 3. The number of benzene rings is 1. The summed E-state index contributed by atoms with van der Waals surface area (Å²) in [5, 5.41) is 13.8. The zero-order chi connectivity index (χ0) is 18.4. The summed E-state index contributed by atoms with van der Waals surface area (Å²) in [5.41, 5.74) is 0.426. The van der Waals surface area contributed by atoms with Crippen molar-refractivity contribution in [2.24, 2.45) is 0 Å². The summed E-state index contributed by atoms with van der Waals surface area (Å²) in [5.74, 6) is -2.01. The van der Waals surface area contributed by atoms with Crippen LogP contribution in [0.15, 0.2) is 47.1 Å². The van der Waals surface area contributed by atoms with Crippen LogP contribution in [0.3, 0.4) is 0 Å². The fraction of sp³-hybridized carbons (Fsp3) is 0.235. The molecule has 132 valence electrons. The number of nitrogens with one attached hydrogen (secondary N) is 2. The number of hydrogen-bond acceptors (Lipinski definition) is 5. The second-order valence-electron chi connectivity index (χ2n) is 5.54. The molecule has 0 aliphatic heterocycles. The highest BCUT2D eigenvalue weighted by atomic mass is 16.4. The molecule has 8 heteroatoms. The molecule has 1 aromatic heterocycles. The Balaban J connectivity index is 1.91. The molecule has 3 N–H and O–H groups in total. The first-order chi connectivity index (χ1) is 11.9. The summed E-state index contributed by atoms with van der Waals surface area (Å²) in [7, 11) is 3.67. The Morgan fingerprint density at radius 3 is 2.32 bits per heavy atom. The van der Waals surface area contributed by atoms with E-state index < -0.39 is 17.8 Å². The van der Waals surface area contributed by atoms with Gasteiger partial charge in [-0.2, -0.15) is 0 Å². The van der Waals surface area contributed by atoms with E-state index in [0.717, 1.165) is 0 Å². The average molecular weight is 345 g/mol. The zero-order valence-electron chi connectivity index (χ0n) is 13.9. The topological polar surface area (TPSA) is 112 Å². The number of carboxylic acids is 1. The molecule has 1 atom stereocenters. The van der Waals surface area contributed by atoms with Gasteiger partial charge in [0.25, 0.3) is 0 Å². The number of rotatable bonds is 6. The molecule has 0 fully saturated rings. The summed E-state index contributed by atoms with van der Waals surface area (Å²) in [6, 6.07) is 8.85. The Morgan fingerprint density at radius 2 is 1.80 bits per heavy atom. The van der Waals surface area contributed by atoms with Crippen molar-refractivity contribution in [3.63, 3.8) is 0 Å². The maximum Gasteiger partial charge on any atom is 0.335 e. The maximum atomic E-state index is 12.0. The third-order valence-corrected chi connectivity index (χ3v) is 3.55. The molecule has 0 saturated carbocycles. The fourth-order valence-corrected chi connectivity index (χ4v) is 2.17. The third kappa shape index (κ3) is 4.92.